The van der Waals surface area contributed by atoms with Gasteiger partial charge in [-0.3, -0.25) is 0 Å². The molecule has 2 N–H and O–H groups in total. The maximum absolute atomic E-state index is 5.85. The number of benzene rings is 1. The molecule has 0 aliphatic carbocycles. The molecule has 0 fully saturated rings. The van der Waals surface area contributed by atoms with Crippen molar-refractivity contribution in [1.82, 2.24) is 9.97 Å². The van der Waals surface area contributed by atoms with Crippen LogP contribution in [0.2, 0.25) is 0 Å². The summed E-state index contributed by atoms with van der Waals surface area (Å²) in [5.41, 5.74) is 8.61. The minimum absolute atomic E-state index is 0.0586. The third kappa shape index (κ3) is 2.33. The van der Waals surface area contributed by atoms with Gasteiger partial charge in [-0.15, -0.1) is 0 Å². The third-order valence-electron chi connectivity index (χ3n) is 2.86. The summed E-state index contributed by atoms with van der Waals surface area (Å²) in [5, 5.41) is 0. The van der Waals surface area contributed by atoms with Crippen molar-refractivity contribution in [3.63, 3.8) is 0 Å². The molecule has 0 saturated carbocycles. The van der Waals surface area contributed by atoms with Gasteiger partial charge in [-0.2, -0.15) is 0 Å². The first-order chi connectivity index (χ1) is 8.63. The third-order valence-corrected chi connectivity index (χ3v) is 2.86. The Morgan fingerprint density at radius 3 is 2.61 bits per heavy atom. The van der Waals surface area contributed by atoms with Crippen LogP contribution in [0, 0.1) is 6.92 Å². The topological polar surface area (TPSA) is 61.0 Å². The maximum atomic E-state index is 5.85. The molecule has 1 atom stereocenters. The summed E-state index contributed by atoms with van der Waals surface area (Å²) in [4.78, 5) is 8.87. The number of methoxy groups -OCH3 is 1. The Hall–Kier alpha value is -1.94. The molecule has 2 aromatic rings. The minimum Gasteiger partial charge on any atom is -0.496 e. The normalized spacial score (nSPS) is 12.2. The molecule has 1 aromatic carbocycles. The molecule has 1 heterocycles. The molecule has 0 spiro atoms. The Kier molecular flexibility index (Phi) is 3.58. The van der Waals surface area contributed by atoms with Crippen molar-refractivity contribution < 1.29 is 4.74 Å². The number of ether oxygens (including phenoxy) is 1. The Labute approximate surface area is 107 Å². The van der Waals surface area contributed by atoms with E-state index < -0.39 is 0 Å². The Balaban J connectivity index is 2.49. The quantitative estimate of drug-likeness (QED) is 0.899. The highest BCUT2D eigenvalue weighted by atomic mass is 16.5. The van der Waals surface area contributed by atoms with E-state index in [4.69, 9.17) is 10.5 Å². The van der Waals surface area contributed by atoms with Crippen LogP contribution in [0.25, 0.3) is 11.4 Å². The first kappa shape index (κ1) is 12.5. The molecule has 2 rings (SSSR count). The van der Waals surface area contributed by atoms with Gasteiger partial charge in [0.05, 0.1) is 12.7 Å². The van der Waals surface area contributed by atoms with E-state index in [-0.39, 0.29) is 6.04 Å². The van der Waals surface area contributed by atoms with Crippen LogP contribution < -0.4 is 10.5 Å². The number of aryl methyl sites for hydroxylation is 1. The van der Waals surface area contributed by atoms with Crippen molar-refractivity contribution in [2.75, 3.05) is 7.11 Å². The summed E-state index contributed by atoms with van der Waals surface area (Å²) in [6.45, 7) is 3.87. The number of nitrogens with zero attached hydrogens (tertiary/aromatic N) is 2. The molecular formula is C14H17N3O. The lowest BCUT2D eigenvalue weighted by Gasteiger charge is -2.11. The Morgan fingerprint density at radius 2 is 2.00 bits per heavy atom. The van der Waals surface area contributed by atoms with Gasteiger partial charge in [-0.1, -0.05) is 12.1 Å². The van der Waals surface area contributed by atoms with Gasteiger partial charge in [-0.25, -0.2) is 9.97 Å². The molecule has 18 heavy (non-hydrogen) atoms. The second-order valence-electron chi connectivity index (χ2n) is 4.22. The van der Waals surface area contributed by atoms with Crippen LogP contribution in [0.5, 0.6) is 5.75 Å². The molecule has 0 unspecified atom stereocenters. The highest BCUT2D eigenvalue weighted by Crippen LogP contribution is 2.27. The van der Waals surface area contributed by atoms with Crippen molar-refractivity contribution in [3.8, 4) is 17.1 Å². The van der Waals surface area contributed by atoms with Crippen LogP contribution in [0.3, 0.4) is 0 Å². The Bertz CT molecular complexity index is 552. The van der Waals surface area contributed by atoms with Gasteiger partial charge in [0.1, 0.15) is 5.75 Å². The molecule has 0 bridgehead atoms. The SMILES string of the molecule is COc1ccccc1-c1ncc([C@H](C)N)c(C)n1. The first-order valence-electron chi connectivity index (χ1n) is 5.86. The van der Waals surface area contributed by atoms with Crippen LogP contribution in [0.4, 0.5) is 0 Å². The molecule has 1 aromatic heterocycles. The summed E-state index contributed by atoms with van der Waals surface area (Å²) in [6, 6.07) is 7.64. The summed E-state index contributed by atoms with van der Waals surface area (Å²) in [5.74, 6) is 1.43. The van der Waals surface area contributed by atoms with Crippen molar-refractivity contribution in [2.45, 2.75) is 19.9 Å². The van der Waals surface area contributed by atoms with Gasteiger partial charge in [0.25, 0.3) is 0 Å². The lowest BCUT2D eigenvalue weighted by molar-refractivity contribution is 0.416. The zero-order valence-electron chi connectivity index (χ0n) is 10.8. The molecule has 0 aliphatic rings. The van der Waals surface area contributed by atoms with Gasteiger partial charge in [0.2, 0.25) is 0 Å². The molecule has 94 valence electrons. The fourth-order valence-corrected chi connectivity index (χ4v) is 1.88. The predicted octanol–water partition coefficient (Wildman–Crippen LogP) is 2.48. The van der Waals surface area contributed by atoms with Crippen LogP contribution in [-0.2, 0) is 0 Å². The lowest BCUT2D eigenvalue weighted by Crippen LogP contribution is -2.09. The molecule has 0 aliphatic heterocycles. The van der Waals surface area contributed by atoms with Crippen LogP contribution in [-0.4, -0.2) is 17.1 Å². The molecule has 0 radical (unpaired) electrons. The number of nitrogens with two attached hydrogens (primary N) is 1. The van der Waals surface area contributed by atoms with Crippen molar-refractivity contribution in [2.24, 2.45) is 5.73 Å². The summed E-state index contributed by atoms with van der Waals surface area (Å²) >= 11 is 0. The van der Waals surface area contributed by atoms with E-state index >= 15 is 0 Å². The van der Waals surface area contributed by atoms with E-state index in [2.05, 4.69) is 9.97 Å². The van der Waals surface area contributed by atoms with Gasteiger partial charge in [0, 0.05) is 23.5 Å². The molecule has 0 amide bonds. The molecule has 4 heteroatoms. The van der Waals surface area contributed by atoms with Crippen molar-refractivity contribution >= 4 is 0 Å². The van der Waals surface area contributed by atoms with Crippen molar-refractivity contribution in [1.29, 1.82) is 0 Å². The predicted molar refractivity (Wildman–Crippen MR) is 71.4 cm³/mol. The highest BCUT2D eigenvalue weighted by molar-refractivity contribution is 5.64. The standard InChI is InChI=1S/C14H17N3O/c1-9(15)12-8-16-14(17-10(12)2)11-6-4-5-7-13(11)18-3/h4-9H,15H2,1-3H3/t9-/m0/s1. The van der Waals surface area contributed by atoms with E-state index in [1.54, 1.807) is 13.3 Å². The summed E-state index contributed by atoms with van der Waals surface area (Å²) in [7, 11) is 1.64. The summed E-state index contributed by atoms with van der Waals surface area (Å²) < 4.78 is 5.31. The van der Waals surface area contributed by atoms with Gasteiger partial charge < -0.3 is 10.5 Å². The average Bonchev–Trinajstić information content (AvgIpc) is 2.38. The highest BCUT2D eigenvalue weighted by Gasteiger charge is 2.11. The zero-order chi connectivity index (χ0) is 13.1. The van der Waals surface area contributed by atoms with Crippen LogP contribution in [0.15, 0.2) is 30.5 Å². The Morgan fingerprint density at radius 1 is 1.28 bits per heavy atom. The van der Waals surface area contributed by atoms with E-state index in [1.165, 1.54) is 0 Å². The molecule has 4 nitrogen and oxygen atoms in total. The average molecular weight is 243 g/mol. The first-order valence-corrected chi connectivity index (χ1v) is 5.86. The zero-order valence-corrected chi connectivity index (χ0v) is 10.8. The maximum Gasteiger partial charge on any atom is 0.163 e. The minimum atomic E-state index is -0.0586. The van der Waals surface area contributed by atoms with E-state index in [9.17, 15) is 0 Å². The van der Waals surface area contributed by atoms with Gasteiger partial charge in [0.15, 0.2) is 5.82 Å². The van der Waals surface area contributed by atoms with Gasteiger partial charge in [-0.05, 0) is 26.0 Å². The lowest BCUT2D eigenvalue weighted by atomic mass is 10.1. The fourth-order valence-electron chi connectivity index (χ4n) is 1.88. The van der Waals surface area contributed by atoms with Crippen LogP contribution >= 0.6 is 0 Å². The second kappa shape index (κ2) is 5.14. The number of hydrogen-bond acceptors (Lipinski definition) is 4. The molecule has 0 saturated heterocycles. The van der Waals surface area contributed by atoms with E-state index in [0.29, 0.717) is 5.82 Å². The van der Waals surface area contributed by atoms with E-state index in [1.807, 2.05) is 38.1 Å². The largest absolute Gasteiger partial charge is 0.496 e. The number of hydrogen-bond donors (Lipinski definition) is 1. The number of aromatic nitrogens is 2. The summed E-state index contributed by atoms with van der Waals surface area (Å²) in [6.07, 6.45) is 1.79. The van der Waals surface area contributed by atoms with E-state index in [0.717, 1.165) is 22.6 Å². The fraction of sp³-hybridized carbons (Fsp3) is 0.286. The second-order valence-corrected chi connectivity index (χ2v) is 4.22. The van der Waals surface area contributed by atoms with Crippen LogP contribution in [0.1, 0.15) is 24.2 Å². The molecular weight excluding hydrogens is 226 g/mol. The number of para-hydroxylation sites is 1. The smallest absolute Gasteiger partial charge is 0.163 e. The number of rotatable bonds is 3. The van der Waals surface area contributed by atoms with Crippen molar-refractivity contribution in [3.05, 3.63) is 41.7 Å². The van der Waals surface area contributed by atoms with Gasteiger partial charge >= 0.3 is 0 Å². The monoisotopic (exact) mass is 243 g/mol.